The van der Waals surface area contributed by atoms with Crippen molar-refractivity contribution in [1.82, 2.24) is 15.3 Å². The van der Waals surface area contributed by atoms with E-state index in [1.807, 2.05) is 6.92 Å². The third-order valence-corrected chi connectivity index (χ3v) is 4.68. The average Bonchev–Trinajstić information content (AvgIpc) is 2.48. The van der Waals surface area contributed by atoms with Gasteiger partial charge in [0.25, 0.3) is 0 Å². The molecule has 1 aromatic carbocycles. The van der Waals surface area contributed by atoms with Gasteiger partial charge in [0.2, 0.25) is 0 Å². The minimum Gasteiger partial charge on any atom is -0.307 e. The minimum atomic E-state index is 0.213. The molecule has 1 heterocycles. The van der Waals surface area contributed by atoms with Gasteiger partial charge in [0, 0.05) is 24.7 Å². The monoisotopic (exact) mass is 381 g/mol. The maximum absolute atomic E-state index is 6.13. The lowest BCUT2D eigenvalue weighted by Crippen LogP contribution is -2.33. The molecule has 0 radical (unpaired) electrons. The van der Waals surface area contributed by atoms with Crippen molar-refractivity contribution in [2.75, 3.05) is 5.88 Å². The van der Waals surface area contributed by atoms with Gasteiger partial charge in [-0.25, -0.2) is 9.97 Å². The Morgan fingerprint density at radius 1 is 1.27 bits per heavy atom. The van der Waals surface area contributed by atoms with Gasteiger partial charge in [0.1, 0.15) is 5.82 Å². The van der Waals surface area contributed by atoms with Crippen LogP contribution in [-0.2, 0) is 13.0 Å². The van der Waals surface area contributed by atoms with E-state index in [9.17, 15) is 0 Å². The van der Waals surface area contributed by atoms with Gasteiger partial charge in [0.05, 0.1) is 10.2 Å². The van der Waals surface area contributed by atoms with Gasteiger partial charge in [-0.2, -0.15) is 0 Å². The van der Waals surface area contributed by atoms with Crippen molar-refractivity contribution in [1.29, 1.82) is 0 Å². The zero-order valence-electron chi connectivity index (χ0n) is 13.2. The summed E-state index contributed by atoms with van der Waals surface area (Å²) in [6, 6.07) is 6.77. The molecule has 0 aliphatic rings. The van der Waals surface area contributed by atoms with Crippen molar-refractivity contribution < 1.29 is 0 Å². The molecule has 0 spiro atoms. The molecule has 0 amide bonds. The first-order chi connectivity index (χ1) is 10.5. The molecule has 0 aliphatic heterocycles. The lowest BCUT2D eigenvalue weighted by Gasteiger charge is -2.18. The van der Waals surface area contributed by atoms with Gasteiger partial charge in [0.15, 0.2) is 0 Å². The molecule has 1 aromatic heterocycles. The van der Waals surface area contributed by atoms with Crippen molar-refractivity contribution in [3.05, 3.63) is 57.1 Å². The van der Waals surface area contributed by atoms with E-state index in [0.717, 1.165) is 22.4 Å². The second-order valence-electron chi connectivity index (χ2n) is 5.58. The third-order valence-electron chi connectivity index (χ3n) is 3.65. The number of nitrogens with one attached hydrogen (secondary N) is 1. The first-order valence-electron chi connectivity index (χ1n) is 7.33. The fourth-order valence-corrected chi connectivity index (χ4v) is 2.94. The van der Waals surface area contributed by atoms with E-state index in [-0.39, 0.29) is 6.04 Å². The summed E-state index contributed by atoms with van der Waals surface area (Å²) >= 11 is 9.62. The zero-order valence-corrected chi connectivity index (χ0v) is 15.5. The molecule has 118 valence electrons. The first-order valence-corrected chi connectivity index (χ1v) is 8.66. The van der Waals surface area contributed by atoms with Crippen LogP contribution in [0.5, 0.6) is 0 Å². The molecule has 5 heteroatoms. The highest BCUT2D eigenvalue weighted by atomic mass is 79.9. The Labute approximate surface area is 145 Å². The lowest BCUT2D eigenvalue weighted by atomic mass is 10.00. The van der Waals surface area contributed by atoms with Crippen molar-refractivity contribution in [3.63, 3.8) is 0 Å². The van der Waals surface area contributed by atoms with Crippen LogP contribution < -0.4 is 5.32 Å². The molecule has 22 heavy (non-hydrogen) atoms. The second kappa shape index (κ2) is 8.04. The summed E-state index contributed by atoms with van der Waals surface area (Å²) in [5.41, 5.74) is 4.90. The summed E-state index contributed by atoms with van der Waals surface area (Å²) in [6.07, 6.45) is 2.70. The summed E-state index contributed by atoms with van der Waals surface area (Å²) in [5, 5.41) is 3.49. The second-order valence-corrected chi connectivity index (χ2v) is 6.74. The minimum absolute atomic E-state index is 0.213. The van der Waals surface area contributed by atoms with Crippen LogP contribution in [0.2, 0.25) is 0 Å². The molecule has 3 nitrogen and oxygen atoms in total. The number of benzene rings is 1. The molecule has 0 fully saturated rings. The van der Waals surface area contributed by atoms with Gasteiger partial charge in [-0.1, -0.05) is 23.8 Å². The summed E-state index contributed by atoms with van der Waals surface area (Å²) in [6.45, 7) is 6.83. The smallest absolute Gasteiger partial charge is 0.125 e. The fourth-order valence-electron chi connectivity index (χ4n) is 2.39. The van der Waals surface area contributed by atoms with E-state index >= 15 is 0 Å². The summed E-state index contributed by atoms with van der Waals surface area (Å²) in [4.78, 5) is 8.61. The van der Waals surface area contributed by atoms with Gasteiger partial charge < -0.3 is 5.32 Å². The van der Waals surface area contributed by atoms with E-state index in [1.165, 1.54) is 16.7 Å². The maximum Gasteiger partial charge on any atom is 0.125 e. The van der Waals surface area contributed by atoms with Crippen LogP contribution in [-0.4, -0.2) is 21.9 Å². The predicted molar refractivity (Wildman–Crippen MR) is 95.4 cm³/mol. The third kappa shape index (κ3) is 4.77. The SMILES string of the molecule is Cc1ccc(CC(CCl)NCc2nc(C)ncc2Br)c(C)c1. The van der Waals surface area contributed by atoms with Crippen LogP contribution in [0.15, 0.2) is 28.9 Å². The molecule has 1 N–H and O–H groups in total. The van der Waals surface area contributed by atoms with E-state index in [2.05, 4.69) is 63.3 Å². The van der Waals surface area contributed by atoms with Gasteiger partial charge >= 0.3 is 0 Å². The van der Waals surface area contributed by atoms with E-state index in [4.69, 9.17) is 11.6 Å². The Balaban J connectivity index is 2.01. The summed E-state index contributed by atoms with van der Waals surface area (Å²) in [5.74, 6) is 1.34. The van der Waals surface area contributed by atoms with Gasteiger partial charge in [-0.3, -0.25) is 0 Å². The molecule has 1 atom stereocenters. The van der Waals surface area contributed by atoms with Crippen molar-refractivity contribution in [3.8, 4) is 0 Å². The molecule has 1 unspecified atom stereocenters. The Morgan fingerprint density at radius 2 is 2.05 bits per heavy atom. The highest BCUT2D eigenvalue weighted by molar-refractivity contribution is 9.10. The number of hydrogen-bond donors (Lipinski definition) is 1. The highest BCUT2D eigenvalue weighted by Crippen LogP contribution is 2.15. The topological polar surface area (TPSA) is 37.8 Å². The van der Waals surface area contributed by atoms with Crippen LogP contribution in [0.25, 0.3) is 0 Å². The number of aryl methyl sites for hydroxylation is 3. The number of halogens is 2. The normalized spacial score (nSPS) is 12.4. The molecular formula is C17H21BrClN3. The Morgan fingerprint density at radius 3 is 2.73 bits per heavy atom. The quantitative estimate of drug-likeness (QED) is 0.764. The standard InChI is InChI=1S/C17H21BrClN3/c1-11-4-5-14(12(2)6-11)7-15(8-19)21-10-17-16(18)9-20-13(3)22-17/h4-6,9,15,21H,7-8,10H2,1-3H3. The number of nitrogens with zero attached hydrogens (tertiary/aromatic N) is 2. The number of aromatic nitrogens is 2. The highest BCUT2D eigenvalue weighted by Gasteiger charge is 2.11. The molecule has 2 rings (SSSR count). The van der Waals surface area contributed by atoms with Crippen molar-refractivity contribution in [2.24, 2.45) is 0 Å². The van der Waals surface area contributed by atoms with Crippen LogP contribution in [0.4, 0.5) is 0 Å². The van der Waals surface area contributed by atoms with Gasteiger partial charge in [-0.05, 0) is 54.2 Å². The predicted octanol–water partition coefficient (Wildman–Crippen LogP) is 4.10. The summed E-state index contributed by atoms with van der Waals surface area (Å²) in [7, 11) is 0. The Kier molecular flexibility index (Phi) is 6.36. The molecule has 2 aromatic rings. The number of rotatable bonds is 6. The Hall–Kier alpha value is -0.970. The van der Waals surface area contributed by atoms with E-state index < -0.39 is 0 Å². The van der Waals surface area contributed by atoms with E-state index in [1.54, 1.807) is 6.20 Å². The number of hydrogen-bond acceptors (Lipinski definition) is 3. The maximum atomic E-state index is 6.13. The average molecular weight is 383 g/mol. The van der Waals surface area contributed by atoms with Crippen LogP contribution in [0.1, 0.15) is 28.2 Å². The largest absolute Gasteiger partial charge is 0.307 e. The van der Waals surface area contributed by atoms with Crippen LogP contribution in [0, 0.1) is 20.8 Å². The van der Waals surface area contributed by atoms with Crippen molar-refractivity contribution >= 4 is 27.5 Å². The number of alkyl halides is 1. The fraction of sp³-hybridized carbons (Fsp3) is 0.412. The summed E-state index contributed by atoms with van der Waals surface area (Å²) < 4.78 is 0.922. The van der Waals surface area contributed by atoms with E-state index in [0.29, 0.717) is 12.4 Å². The molecule has 0 saturated carbocycles. The van der Waals surface area contributed by atoms with Crippen LogP contribution in [0.3, 0.4) is 0 Å². The molecule has 0 bridgehead atoms. The first kappa shape index (κ1) is 17.4. The molecule has 0 aliphatic carbocycles. The lowest BCUT2D eigenvalue weighted by molar-refractivity contribution is 0.541. The van der Waals surface area contributed by atoms with Gasteiger partial charge in [-0.15, -0.1) is 11.6 Å². The Bertz CT molecular complexity index is 646. The molecule has 0 saturated heterocycles. The van der Waals surface area contributed by atoms with Crippen LogP contribution >= 0.6 is 27.5 Å². The zero-order chi connectivity index (χ0) is 16.1. The molecular weight excluding hydrogens is 362 g/mol. The van der Waals surface area contributed by atoms with Crippen molar-refractivity contribution in [2.45, 2.75) is 39.8 Å².